The lowest BCUT2D eigenvalue weighted by atomic mass is 10.1. The summed E-state index contributed by atoms with van der Waals surface area (Å²) in [4.78, 5) is 25.9. The van der Waals surface area contributed by atoms with Crippen LogP contribution in [-0.4, -0.2) is 32.2 Å². The SMILES string of the molecule is CC(=O)N(C)Cc1ccccc1NC(=O)c1ccc(S(=O)(=O)Nc2ccccc2C)cc1. The number of rotatable bonds is 7. The number of hydrogen-bond acceptors (Lipinski definition) is 4. The number of carbonyl (C=O) groups excluding carboxylic acids is 2. The van der Waals surface area contributed by atoms with Gasteiger partial charge in [0, 0.05) is 31.8 Å². The van der Waals surface area contributed by atoms with Gasteiger partial charge in [-0.1, -0.05) is 36.4 Å². The van der Waals surface area contributed by atoms with Crippen LogP contribution in [0.5, 0.6) is 0 Å². The number of para-hydroxylation sites is 2. The molecular formula is C24H25N3O4S. The van der Waals surface area contributed by atoms with E-state index in [4.69, 9.17) is 0 Å². The highest BCUT2D eigenvalue weighted by Gasteiger charge is 2.17. The van der Waals surface area contributed by atoms with Crippen LogP contribution in [0.3, 0.4) is 0 Å². The second kappa shape index (κ2) is 9.65. The molecule has 3 rings (SSSR count). The number of anilines is 2. The molecule has 0 atom stereocenters. The van der Waals surface area contributed by atoms with Crippen molar-refractivity contribution in [2.24, 2.45) is 0 Å². The summed E-state index contributed by atoms with van der Waals surface area (Å²) >= 11 is 0. The van der Waals surface area contributed by atoms with Crippen molar-refractivity contribution in [1.29, 1.82) is 0 Å². The molecule has 0 radical (unpaired) electrons. The molecular weight excluding hydrogens is 426 g/mol. The Morgan fingerprint density at radius 2 is 1.47 bits per heavy atom. The van der Waals surface area contributed by atoms with Crippen LogP contribution in [0.4, 0.5) is 11.4 Å². The Labute approximate surface area is 188 Å². The molecule has 32 heavy (non-hydrogen) atoms. The molecule has 0 aliphatic carbocycles. The van der Waals surface area contributed by atoms with E-state index in [1.807, 2.05) is 31.2 Å². The summed E-state index contributed by atoms with van der Waals surface area (Å²) < 4.78 is 27.9. The standard InChI is InChI=1S/C24H25N3O4S/c1-17-8-4-6-10-22(17)26-32(30,31)21-14-12-19(13-15-21)24(29)25-23-11-7-5-9-20(23)16-27(3)18(2)28/h4-15,26H,16H2,1-3H3,(H,25,29). The van der Waals surface area contributed by atoms with Gasteiger partial charge in [-0.05, 0) is 54.4 Å². The third-order valence-corrected chi connectivity index (χ3v) is 6.41. The van der Waals surface area contributed by atoms with Crippen LogP contribution in [0.1, 0.15) is 28.4 Å². The van der Waals surface area contributed by atoms with Crippen LogP contribution in [0.25, 0.3) is 0 Å². The first-order valence-electron chi connectivity index (χ1n) is 9.97. The minimum atomic E-state index is -3.78. The van der Waals surface area contributed by atoms with Crippen molar-refractivity contribution in [3.05, 3.63) is 89.5 Å². The average Bonchev–Trinajstić information content (AvgIpc) is 2.76. The molecule has 0 bridgehead atoms. The highest BCUT2D eigenvalue weighted by Crippen LogP contribution is 2.21. The lowest BCUT2D eigenvalue weighted by Crippen LogP contribution is -2.24. The van der Waals surface area contributed by atoms with Gasteiger partial charge in [0.15, 0.2) is 0 Å². The summed E-state index contributed by atoms with van der Waals surface area (Å²) in [6.45, 7) is 3.65. The number of sulfonamides is 1. The molecule has 0 saturated heterocycles. The van der Waals surface area contributed by atoms with Gasteiger partial charge in [-0.15, -0.1) is 0 Å². The lowest BCUT2D eigenvalue weighted by molar-refractivity contribution is -0.128. The Morgan fingerprint density at radius 1 is 0.875 bits per heavy atom. The quantitative estimate of drug-likeness (QED) is 0.567. The topological polar surface area (TPSA) is 95.6 Å². The summed E-state index contributed by atoms with van der Waals surface area (Å²) in [6.07, 6.45) is 0. The first-order valence-corrected chi connectivity index (χ1v) is 11.4. The molecule has 0 aliphatic heterocycles. The van der Waals surface area contributed by atoms with Crippen molar-refractivity contribution in [2.75, 3.05) is 17.1 Å². The molecule has 0 aromatic heterocycles. The fraction of sp³-hybridized carbons (Fsp3) is 0.167. The van der Waals surface area contributed by atoms with E-state index >= 15 is 0 Å². The molecule has 0 heterocycles. The van der Waals surface area contributed by atoms with Crippen LogP contribution < -0.4 is 10.0 Å². The van der Waals surface area contributed by atoms with Crippen LogP contribution in [0.15, 0.2) is 77.7 Å². The molecule has 3 aromatic carbocycles. The van der Waals surface area contributed by atoms with Gasteiger partial charge in [0.05, 0.1) is 10.6 Å². The predicted molar refractivity (Wildman–Crippen MR) is 125 cm³/mol. The Balaban J connectivity index is 1.75. The van der Waals surface area contributed by atoms with Crippen molar-refractivity contribution in [1.82, 2.24) is 4.90 Å². The van der Waals surface area contributed by atoms with Gasteiger partial charge < -0.3 is 10.2 Å². The van der Waals surface area contributed by atoms with Gasteiger partial charge >= 0.3 is 0 Å². The third kappa shape index (κ3) is 5.53. The number of aryl methyl sites for hydroxylation is 1. The van der Waals surface area contributed by atoms with E-state index in [-0.39, 0.29) is 16.7 Å². The summed E-state index contributed by atoms with van der Waals surface area (Å²) in [5.41, 5.74) is 3.00. The minimum Gasteiger partial charge on any atom is -0.342 e. The zero-order chi connectivity index (χ0) is 23.3. The van der Waals surface area contributed by atoms with E-state index in [0.717, 1.165) is 11.1 Å². The van der Waals surface area contributed by atoms with Gasteiger partial charge in [-0.3, -0.25) is 14.3 Å². The number of hydrogen-bond donors (Lipinski definition) is 2. The third-order valence-electron chi connectivity index (χ3n) is 5.03. The number of nitrogens with zero attached hydrogens (tertiary/aromatic N) is 1. The first kappa shape index (κ1) is 23.0. The fourth-order valence-electron chi connectivity index (χ4n) is 3.02. The van der Waals surface area contributed by atoms with Crippen molar-refractivity contribution >= 4 is 33.2 Å². The van der Waals surface area contributed by atoms with Crippen molar-refractivity contribution in [3.63, 3.8) is 0 Å². The van der Waals surface area contributed by atoms with Gasteiger partial charge in [-0.25, -0.2) is 8.42 Å². The maximum absolute atomic E-state index is 12.7. The number of benzene rings is 3. The van der Waals surface area contributed by atoms with Crippen LogP contribution in [0, 0.1) is 6.92 Å². The molecule has 0 saturated carbocycles. The monoisotopic (exact) mass is 451 g/mol. The maximum Gasteiger partial charge on any atom is 0.261 e. The van der Waals surface area contributed by atoms with Gasteiger partial charge in [0.2, 0.25) is 5.91 Å². The molecule has 7 nitrogen and oxygen atoms in total. The Bertz CT molecular complexity index is 1240. The van der Waals surface area contributed by atoms with E-state index in [9.17, 15) is 18.0 Å². The van der Waals surface area contributed by atoms with E-state index in [2.05, 4.69) is 10.0 Å². The summed E-state index contributed by atoms with van der Waals surface area (Å²) in [5.74, 6) is -0.457. The fourth-order valence-corrected chi connectivity index (χ4v) is 4.15. The number of carbonyl (C=O) groups is 2. The van der Waals surface area contributed by atoms with Crippen molar-refractivity contribution < 1.29 is 18.0 Å². The van der Waals surface area contributed by atoms with Crippen molar-refractivity contribution in [2.45, 2.75) is 25.3 Å². The molecule has 0 aliphatic rings. The Hall–Kier alpha value is -3.65. The molecule has 3 aromatic rings. The normalized spacial score (nSPS) is 11.0. The van der Waals surface area contributed by atoms with E-state index in [1.165, 1.54) is 31.2 Å². The van der Waals surface area contributed by atoms with E-state index < -0.39 is 10.0 Å². The molecule has 2 amide bonds. The van der Waals surface area contributed by atoms with Crippen molar-refractivity contribution in [3.8, 4) is 0 Å². The molecule has 0 spiro atoms. The molecule has 166 valence electrons. The summed E-state index contributed by atoms with van der Waals surface area (Å²) in [7, 11) is -2.10. The summed E-state index contributed by atoms with van der Waals surface area (Å²) in [6, 6.07) is 20.0. The zero-order valence-corrected chi connectivity index (χ0v) is 18.9. The smallest absolute Gasteiger partial charge is 0.261 e. The molecule has 0 fully saturated rings. The largest absolute Gasteiger partial charge is 0.342 e. The Kier molecular flexibility index (Phi) is 6.95. The maximum atomic E-state index is 12.7. The first-order chi connectivity index (χ1) is 15.2. The summed E-state index contributed by atoms with van der Waals surface area (Å²) in [5, 5.41) is 2.83. The highest BCUT2D eigenvalue weighted by atomic mass is 32.2. The minimum absolute atomic E-state index is 0.0563. The van der Waals surface area contributed by atoms with E-state index in [0.29, 0.717) is 23.5 Å². The van der Waals surface area contributed by atoms with Gasteiger partial charge in [-0.2, -0.15) is 0 Å². The number of amides is 2. The molecule has 8 heteroatoms. The molecule has 0 unspecified atom stereocenters. The van der Waals surface area contributed by atoms with Crippen LogP contribution >= 0.6 is 0 Å². The molecule has 2 N–H and O–H groups in total. The van der Waals surface area contributed by atoms with Crippen LogP contribution in [0.2, 0.25) is 0 Å². The second-order valence-corrected chi connectivity index (χ2v) is 9.11. The van der Waals surface area contributed by atoms with Gasteiger partial charge in [0.25, 0.3) is 15.9 Å². The second-order valence-electron chi connectivity index (χ2n) is 7.43. The van der Waals surface area contributed by atoms with Crippen LogP contribution in [-0.2, 0) is 21.4 Å². The Morgan fingerprint density at radius 3 is 2.09 bits per heavy atom. The van der Waals surface area contributed by atoms with E-state index in [1.54, 1.807) is 36.2 Å². The zero-order valence-electron chi connectivity index (χ0n) is 18.1. The predicted octanol–water partition coefficient (Wildman–Crippen LogP) is 4.03. The highest BCUT2D eigenvalue weighted by molar-refractivity contribution is 7.92. The van der Waals surface area contributed by atoms with Gasteiger partial charge in [0.1, 0.15) is 0 Å². The average molecular weight is 452 g/mol. The lowest BCUT2D eigenvalue weighted by Gasteiger charge is -2.18. The number of nitrogens with one attached hydrogen (secondary N) is 2.